The summed E-state index contributed by atoms with van der Waals surface area (Å²) in [5, 5.41) is 11.9. The third-order valence-electron chi connectivity index (χ3n) is 7.21. The molecule has 0 fully saturated rings. The highest BCUT2D eigenvalue weighted by Gasteiger charge is 2.10. The smallest absolute Gasteiger partial charge is 0.344 e. The first-order chi connectivity index (χ1) is 20.9. The lowest BCUT2D eigenvalue weighted by Gasteiger charge is -2.04. The van der Waals surface area contributed by atoms with Crippen LogP contribution in [0.5, 0.6) is 0 Å². The van der Waals surface area contributed by atoms with Crippen molar-refractivity contribution in [1.29, 1.82) is 0 Å². The Bertz CT molecular complexity index is 2230. The molecule has 0 aliphatic carbocycles. The number of hydrogen-bond donors (Lipinski definition) is 1. The first-order valence-corrected chi connectivity index (χ1v) is 13.9. The number of benzene rings is 4. The van der Waals surface area contributed by atoms with Gasteiger partial charge < -0.3 is 13.9 Å². The van der Waals surface area contributed by atoms with E-state index in [2.05, 4.69) is 30.6 Å². The number of rotatable bonds is 3. The first-order valence-electron chi connectivity index (χ1n) is 13.9. The maximum Gasteiger partial charge on any atom is 0.344 e. The average molecular weight is 563 g/mol. The van der Waals surface area contributed by atoms with Gasteiger partial charge in [0, 0.05) is 21.9 Å². The van der Waals surface area contributed by atoms with Crippen molar-refractivity contribution in [3.63, 3.8) is 0 Å². The lowest BCUT2D eigenvalue weighted by Crippen LogP contribution is -2.03. The van der Waals surface area contributed by atoms with Gasteiger partial charge in [-0.3, -0.25) is 0 Å². The summed E-state index contributed by atoms with van der Waals surface area (Å²) < 4.78 is 11.2. The van der Waals surface area contributed by atoms with Gasteiger partial charge in [0.05, 0.1) is 11.1 Å². The topological polar surface area (TPSA) is 80.7 Å². The fraction of sp³-hybridized carbons (Fsp3) is 0.105. The molecule has 0 aliphatic heterocycles. The SMILES string of the molecule is CCc1ccc(-c2cc3ccc(C#CC(O)C#Cc4ccc5cc(-c6ccc(C)cc6)c(=O)oc5c4)cc3oc2=O)cc1. The Balaban J connectivity index is 1.20. The number of aryl methyl sites for hydroxylation is 2. The molecule has 0 saturated carbocycles. The Morgan fingerprint density at radius 3 is 1.58 bits per heavy atom. The Labute approximate surface area is 248 Å². The number of aliphatic hydroxyl groups is 1. The van der Waals surface area contributed by atoms with Crippen LogP contribution in [0, 0.1) is 30.6 Å². The lowest BCUT2D eigenvalue weighted by molar-refractivity contribution is 0.289. The monoisotopic (exact) mass is 562 g/mol. The molecule has 1 atom stereocenters. The maximum atomic E-state index is 12.7. The van der Waals surface area contributed by atoms with E-state index < -0.39 is 17.4 Å². The average Bonchev–Trinajstić information content (AvgIpc) is 3.02. The molecule has 0 radical (unpaired) electrons. The van der Waals surface area contributed by atoms with Crippen LogP contribution >= 0.6 is 0 Å². The van der Waals surface area contributed by atoms with Crippen molar-refractivity contribution in [3.05, 3.63) is 140 Å². The van der Waals surface area contributed by atoms with Crippen molar-refractivity contribution >= 4 is 21.9 Å². The minimum absolute atomic E-state index is 0.409. The Kier molecular flexibility index (Phi) is 7.50. The molecule has 1 unspecified atom stereocenters. The van der Waals surface area contributed by atoms with Crippen LogP contribution in [0.1, 0.15) is 29.2 Å². The van der Waals surface area contributed by atoms with Gasteiger partial charge >= 0.3 is 11.3 Å². The molecule has 0 saturated heterocycles. The fourth-order valence-corrected chi connectivity index (χ4v) is 4.77. The van der Waals surface area contributed by atoms with E-state index in [9.17, 15) is 14.7 Å². The number of aliphatic hydroxyl groups excluding tert-OH is 1. The van der Waals surface area contributed by atoms with Crippen LogP contribution in [-0.2, 0) is 6.42 Å². The van der Waals surface area contributed by atoms with Crippen LogP contribution < -0.4 is 11.3 Å². The zero-order valence-corrected chi connectivity index (χ0v) is 23.6. The fourth-order valence-electron chi connectivity index (χ4n) is 4.77. The van der Waals surface area contributed by atoms with Crippen molar-refractivity contribution < 1.29 is 13.9 Å². The van der Waals surface area contributed by atoms with Gasteiger partial charge in [-0.2, -0.15) is 0 Å². The number of hydrogen-bond acceptors (Lipinski definition) is 5. The van der Waals surface area contributed by atoms with Gasteiger partial charge in [0.2, 0.25) is 0 Å². The number of fused-ring (bicyclic) bond motifs is 2. The van der Waals surface area contributed by atoms with Gasteiger partial charge in [0.1, 0.15) is 11.2 Å². The van der Waals surface area contributed by atoms with Gasteiger partial charge in [-0.15, -0.1) is 0 Å². The van der Waals surface area contributed by atoms with Gasteiger partial charge in [0.25, 0.3) is 0 Å². The van der Waals surface area contributed by atoms with Gasteiger partial charge in [-0.1, -0.05) is 84.7 Å². The van der Waals surface area contributed by atoms with Crippen molar-refractivity contribution in [2.24, 2.45) is 0 Å². The minimum Gasteiger partial charge on any atom is -0.422 e. The molecular weight excluding hydrogens is 536 g/mol. The Hall–Kier alpha value is -5.62. The molecule has 4 aromatic carbocycles. The predicted molar refractivity (Wildman–Crippen MR) is 170 cm³/mol. The van der Waals surface area contributed by atoms with E-state index >= 15 is 0 Å². The second-order valence-electron chi connectivity index (χ2n) is 10.3. The van der Waals surface area contributed by atoms with Crippen LogP contribution in [0.25, 0.3) is 44.2 Å². The second-order valence-corrected chi connectivity index (χ2v) is 10.3. The van der Waals surface area contributed by atoms with Crippen LogP contribution in [-0.4, -0.2) is 11.2 Å². The van der Waals surface area contributed by atoms with Crippen molar-refractivity contribution in [1.82, 2.24) is 0 Å². The third-order valence-corrected chi connectivity index (χ3v) is 7.21. The summed E-state index contributed by atoms with van der Waals surface area (Å²) in [4.78, 5) is 25.3. The molecule has 2 aromatic heterocycles. The van der Waals surface area contributed by atoms with Gasteiger partial charge in [-0.25, -0.2) is 9.59 Å². The summed E-state index contributed by atoms with van der Waals surface area (Å²) in [5.41, 5.74) is 6.01. The Morgan fingerprint density at radius 1 is 0.651 bits per heavy atom. The van der Waals surface area contributed by atoms with E-state index in [-0.39, 0.29) is 0 Å². The van der Waals surface area contributed by atoms with Crippen molar-refractivity contribution in [2.45, 2.75) is 26.4 Å². The molecule has 5 heteroatoms. The lowest BCUT2D eigenvalue weighted by atomic mass is 10.0. The summed E-state index contributed by atoms with van der Waals surface area (Å²) in [6.45, 7) is 4.07. The largest absolute Gasteiger partial charge is 0.422 e. The molecule has 0 bridgehead atoms. The molecule has 5 nitrogen and oxygen atoms in total. The van der Waals surface area contributed by atoms with Crippen LogP contribution in [0.4, 0.5) is 0 Å². The quantitative estimate of drug-likeness (QED) is 0.188. The van der Waals surface area contributed by atoms with E-state index in [4.69, 9.17) is 8.83 Å². The Morgan fingerprint density at radius 2 is 1.12 bits per heavy atom. The summed E-state index contributed by atoms with van der Waals surface area (Å²) in [5.74, 6) is 11.2. The summed E-state index contributed by atoms with van der Waals surface area (Å²) in [7, 11) is 0. The minimum atomic E-state index is -1.22. The van der Waals surface area contributed by atoms with Crippen LogP contribution in [0.3, 0.4) is 0 Å². The zero-order chi connectivity index (χ0) is 29.9. The summed E-state index contributed by atoms with van der Waals surface area (Å²) >= 11 is 0. The van der Waals surface area contributed by atoms with E-state index in [1.54, 1.807) is 30.3 Å². The molecule has 1 N–H and O–H groups in total. The molecule has 6 aromatic rings. The second kappa shape index (κ2) is 11.7. The first kappa shape index (κ1) is 27.5. The van der Waals surface area contributed by atoms with E-state index in [0.29, 0.717) is 33.4 Å². The van der Waals surface area contributed by atoms with Gasteiger partial charge in [0.15, 0.2) is 6.10 Å². The molecule has 0 amide bonds. The molecule has 208 valence electrons. The van der Waals surface area contributed by atoms with E-state index in [1.165, 1.54) is 5.56 Å². The van der Waals surface area contributed by atoms with Crippen LogP contribution in [0.15, 0.2) is 115 Å². The molecule has 6 rings (SSSR count). The standard InChI is InChI=1S/C38H26O5/c1-3-25-6-14-29(15-7-25)34-23-31-17-9-27(21-36(31)43-38(34)41)11-19-32(39)18-10-26-8-16-30-22-33(37(40)42-35(30)20-26)28-12-4-24(2)5-13-28/h4-9,12-17,20-23,32,39H,3H2,1-2H3. The van der Waals surface area contributed by atoms with Gasteiger partial charge in [-0.05, 0) is 78.6 Å². The zero-order valence-electron chi connectivity index (χ0n) is 23.6. The molecular formula is C38H26O5. The van der Waals surface area contributed by atoms with Crippen molar-refractivity contribution in [3.8, 4) is 45.9 Å². The van der Waals surface area contributed by atoms with E-state index in [1.807, 2.05) is 73.7 Å². The summed E-state index contributed by atoms with van der Waals surface area (Å²) in [6.07, 6.45) is -0.293. The highest BCUT2D eigenvalue weighted by atomic mass is 16.4. The normalized spacial score (nSPS) is 11.4. The molecule has 43 heavy (non-hydrogen) atoms. The maximum absolute atomic E-state index is 12.7. The summed E-state index contributed by atoms with van der Waals surface area (Å²) in [6, 6.07) is 29.8. The molecule has 2 heterocycles. The molecule has 0 spiro atoms. The van der Waals surface area contributed by atoms with E-state index in [0.717, 1.165) is 33.9 Å². The van der Waals surface area contributed by atoms with Crippen LogP contribution in [0.2, 0.25) is 0 Å². The highest BCUT2D eigenvalue weighted by molar-refractivity contribution is 5.84. The third kappa shape index (κ3) is 6.04. The molecule has 0 aliphatic rings. The van der Waals surface area contributed by atoms with Crippen molar-refractivity contribution in [2.75, 3.05) is 0 Å². The highest BCUT2D eigenvalue weighted by Crippen LogP contribution is 2.24. The predicted octanol–water partition coefficient (Wildman–Crippen LogP) is 6.87.